The van der Waals surface area contributed by atoms with Gasteiger partial charge in [0.2, 0.25) is 17.8 Å². The van der Waals surface area contributed by atoms with Crippen molar-refractivity contribution in [3.8, 4) is 0 Å². The fourth-order valence-electron chi connectivity index (χ4n) is 1.15. The molecule has 18 heavy (non-hydrogen) atoms. The number of nitrogens with zero attached hydrogens (tertiary/aromatic N) is 5. The van der Waals surface area contributed by atoms with Gasteiger partial charge < -0.3 is 14.9 Å². The van der Waals surface area contributed by atoms with Gasteiger partial charge >= 0.3 is 0 Å². The van der Waals surface area contributed by atoms with Crippen LogP contribution in [0.3, 0.4) is 0 Å². The summed E-state index contributed by atoms with van der Waals surface area (Å²) in [6.07, 6.45) is 0. The summed E-state index contributed by atoms with van der Waals surface area (Å²) in [4.78, 5) is 16.2. The molecule has 4 N–H and O–H groups in total. The SMILES string of the molecule is CN(C)c1nc(NN)nc(N(C)C(C)(C)CO)n1. The maximum Gasteiger partial charge on any atom is 0.243 e. The summed E-state index contributed by atoms with van der Waals surface area (Å²) in [5.41, 5.74) is 1.93. The summed E-state index contributed by atoms with van der Waals surface area (Å²) in [5.74, 6) is 6.56. The second-order valence-corrected chi connectivity index (χ2v) is 4.83. The van der Waals surface area contributed by atoms with Crippen molar-refractivity contribution in [3.63, 3.8) is 0 Å². The predicted molar refractivity (Wildman–Crippen MR) is 71.5 cm³/mol. The summed E-state index contributed by atoms with van der Waals surface area (Å²) in [5, 5.41) is 9.37. The molecule has 0 spiro atoms. The summed E-state index contributed by atoms with van der Waals surface area (Å²) in [6, 6.07) is 0. The minimum Gasteiger partial charge on any atom is -0.394 e. The van der Waals surface area contributed by atoms with Gasteiger partial charge in [-0.05, 0) is 13.8 Å². The second kappa shape index (κ2) is 5.32. The lowest BCUT2D eigenvalue weighted by atomic mass is 10.1. The molecule has 1 heterocycles. The molecule has 0 amide bonds. The van der Waals surface area contributed by atoms with Crippen molar-refractivity contribution < 1.29 is 5.11 Å². The number of anilines is 3. The van der Waals surface area contributed by atoms with Gasteiger partial charge in [-0.1, -0.05) is 0 Å². The second-order valence-electron chi connectivity index (χ2n) is 4.83. The molecule has 0 bridgehead atoms. The summed E-state index contributed by atoms with van der Waals surface area (Å²) in [6.45, 7) is 3.77. The zero-order valence-corrected chi connectivity index (χ0v) is 11.5. The van der Waals surface area contributed by atoms with Crippen LogP contribution in [0.2, 0.25) is 0 Å². The molecule has 0 aliphatic carbocycles. The van der Waals surface area contributed by atoms with Crippen LogP contribution in [-0.4, -0.2) is 53.3 Å². The Balaban J connectivity index is 3.19. The van der Waals surface area contributed by atoms with Crippen molar-refractivity contribution in [2.24, 2.45) is 5.84 Å². The number of nitrogens with two attached hydrogens (primary N) is 1. The summed E-state index contributed by atoms with van der Waals surface area (Å²) < 4.78 is 0. The van der Waals surface area contributed by atoms with Gasteiger partial charge in [-0.25, -0.2) is 5.84 Å². The van der Waals surface area contributed by atoms with Gasteiger partial charge in [-0.2, -0.15) is 15.0 Å². The van der Waals surface area contributed by atoms with Crippen molar-refractivity contribution in [2.75, 3.05) is 43.0 Å². The van der Waals surface area contributed by atoms with E-state index < -0.39 is 5.54 Å². The Kier molecular flexibility index (Phi) is 4.25. The third-order valence-corrected chi connectivity index (χ3v) is 2.74. The molecule has 1 rings (SSSR count). The number of nitrogen functional groups attached to an aromatic ring is 1. The van der Waals surface area contributed by atoms with E-state index in [0.717, 1.165) is 0 Å². The maximum absolute atomic E-state index is 9.37. The van der Waals surface area contributed by atoms with Gasteiger partial charge in [0.15, 0.2) is 0 Å². The molecule has 0 fully saturated rings. The number of nitrogens with one attached hydrogen (secondary N) is 1. The van der Waals surface area contributed by atoms with Gasteiger partial charge in [0.1, 0.15) is 0 Å². The first-order chi connectivity index (χ1) is 8.31. The smallest absolute Gasteiger partial charge is 0.243 e. The fourth-order valence-corrected chi connectivity index (χ4v) is 1.15. The van der Waals surface area contributed by atoms with Crippen molar-refractivity contribution in [3.05, 3.63) is 0 Å². The van der Waals surface area contributed by atoms with Crippen LogP contribution in [0.5, 0.6) is 0 Å². The van der Waals surface area contributed by atoms with E-state index >= 15 is 0 Å². The minimum atomic E-state index is -0.475. The first-order valence-electron chi connectivity index (χ1n) is 5.56. The number of hydrogen-bond donors (Lipinski definition) is 3. The molecule has 0 saturated carbocycles. The van der Waals surface area contributed by atoms with E-state index in [1.807, 2.05) is 35.0 Å². The largest absolute Gasteiger partial charge is 0.394 e. The van der Waals surface area contributed by atoms with Gasteiger partial charge in [0.25, 0.3) is 0 Å². The maximum atomic E-state index is 9.37. The van der Waals surface area contributed by atoms with E-state index in [1.54, 1.807) is 9.80 Å². The Hall–Kier alpha value is -1.67. The molecule has 0 radical (unpaired) electrons. The lowest BCUT2D eigenvalue weighted by molar-refractivity contribution is 0.215. The van der Waals surface area contributed by atoms with E-state index in [0.29, 0.717) is 11.9 Å². The summed E-state index contributed by atoms with van der Waals surface area (Å²) >= 11 is 0. The van der Waals surface area contributed by atoms with Crippen molar-refractivity contribution >= 4 is 17.8 Å². The number of aromatic nitrogens is 3. The molecule has 0 aliphatic rings. The minimum absolute atomic E-state index is 0.0160. The summed E-state index contributed by atoms with van der Waals surface area (Å²) in [7, 11) is 5.47. The highest BCUT2D eigenvalue weighted by Crippen LogP contribution is 2.20. The topological polar surface area (TPSA) is 103 Å². The molecule has 8 heteroatoms. The Morgan fingerprint density at radius 1 is 1.17 bits per heavy atom. The first kappa shape index (κ1) is 14.4. The standard InChI is InChI=1S/C10H21N7O/c1-10(2,6-18)17(5)9-13-7(15-11)12-8(14-9)16(3)4/h18H,6,11H2,1-5H3,(H,12,13,14,15). The molecule has 1 aromatic heterocycles. The molecule has 0 aliphatic heterocycles. The molecular formula is C10H21N7O. The predicted octanol–water partition coefficient (Wildman–Crippen LogP) is -0.570. The normalized spacial score (nSPS) is 11.3. The Labute approximate surface area is 107 Å². The molecular weight excluding hydrogens is 234 g/mol. The van der Waals surface area contributed by atoms with E-state index in [4.69, 9.17) is 5.84 Å². The third kappa shape index (κ3) is 2.96. The number of aliphatic hydroxyl groups excluding tert-OH is 1. The van der Waals surface area contributed by atoms with Gasteiger partial charge in [0.05, 0.1) is 12.1 Å². The van der Waals surface area contributed by atoms with E-state index in [-0.39, 0.29) is 12.6 Å². The number of likely N-dealkylation sites (N-methyl/N-ethyl adjacent to an activating group) is 1. The van der Waals surface area contributed by atoms with Crippen LogP contribution in [0.4, 0.5) is 17.8 Å². The van der Waals surface area contributed by atoms with Crippen LogP contribution in [0.1, 0.15) is 13.8 Å². The number of hydrazine groups is 1. The highest BCUT2D eigenvalue weighted by atomic mass is 16.3. The quantitative estimate of drug-likeness (QED) is 0.475. The average molecular weight is 255 g/mol. The lowest BCUT2D eigenvalue weighted by Gasteiger charge is -2.34. The highest BCUT2D eigenvalue weighted by molar-refractivity contribution is 5.45. The van der Waals surface area contributed by atoms with Crippen molar-refractivity contribution in [2.45, 2.75) is 19.4 Å². The zero-order chi connectivity index (χ0) is 13.9. The van der Waals surface area contributed by atoms with Crippen LogP contribution in [-0.2, 0) is 0 Å². The van der Waals surface area contributed by atoms with Gasteiger partial charge in [-0.3, -0.25) is 5.43 Å². The number of rotatable bonds is 5. The Bertz CT molecular complexity index is 407. The van der Waals surface area contributed by atoms with E-state index in [2.05, 4.69) is 20.4 Å². The number of aliphatic hydroxyl groups is 1. The molecule has 1 aromatic rings. The highest BCUT2D eigenvalue weighted by Gasteiger charge is 2.25. The zero-order valence-electron chi connectivity index (χ0n) is 11.5. The van der Waals surface area contributed by atoms with E-state index in [1.165, 1.54) is 0 Å². The molecule has 8 nitrogen and oxygen atoms in total. The monoisotopic (exact) mass is 255 g/mol. The van der Waals surface area contributed by atoms with Crippen LogP contribution in [0, 0.1) is 0 Å². The average Bonchev–Trinajstić information content (AvgIpc) is 2.36. The Morgan fingerprint density at radius 2 is 1.72 bits per heavy atom. The van der Waals surface area contributed by atoms with Gasteiger partial charge in [0, 0.05) is 21.1 Å². The molecule has 102 valence electrons. The van der Waals surface area contributed by atoms with Crippen LogP contribution in [0.15, 0.2) is 0 Å². The first-order valence-corrected chi connectivity index (χ1v) is 5.56. The van der Waals surface area contributed by atoms with Crippen LogP contribution >= 0.6 is 0 Å². The van der Waals surface area contributed by atoms with Crippen LogP contribution in [0.25, 0.3) is 0 Å². The van der Waals surface area contributed by atoms with Crippen molar-refractivity contribution in [1.82, 2.24) is 15.0 Å². The molecule has 0 atom stereocenters. The van der Waals surface area contributed by atoms with Crippen molar-refractivity contribution in [1.29, 1.82) is 0 Å². The number of hydrogen-bond acceptors (Lipinski definition) is 8. The molecule has 0 unspecified atom stereocenters. The van der Waals surface area contributed by atoms with E-state index in [9.17, 15) is 5.11 Å². The molecule has 0 aromatic carbocycles. The molecule has 0 saturated heterocycles. The third-order valence-electron chi connectivity index (χ3n) is 2.74. The fraction of sp³-hybridized carbons (Fsp3) is 0.700. The lowest BCUT2D eigenvalue weighted by Crippen LogP contribution is -2.45. The van der Waals surface area contributed by atoms with Crippen LogP contribution < -0.4 is 21.1 Å². The van der Waals surface area contributed by atoms with Gasteiger partial charge in [-0.15, -0.1) is 0 Å². The Morgan fingerprint density at radius 3 is 2.17 bits per heavy atom.